The molecule has 2 N–H and O–H groups in total. The van der Waals surface area contributed by atoms with E-state index >= 15 is 0 Å². The number of carboxylic acid groups (broad SMARTS) is 1. The lowest BCUT2D eigenvalue weighted by Crippen LogP contribution is -2.39. The van der Waals surface area contributed by atoms with Gasteiger partial charge in [0, 0.05) is 12.0 Å². The Labute approximate surface area is 122 Å². The van der Waals surface area contributed by atoms with E-state index in [4.69, 9.17) is 5.11 Å². The van der Waals surface area contributed by atoms with E-state index in [-0.39, 0.29) is 23.8 Å². The molecule has 0 heterocycles. The Morgan fingerprint density at radius 2 is 1.65 bits per heavy atom. The van der Waals surface area contributed by atoms with E-state index in [9.17, 15) is 9.59 Å². The second-order valence-electron chi connectivity index (χ2n) is 7.40. The number of amides is 1. The highest BCUT2D eigenvalue weighted by Crippen LogP contribution is 2.29. The minimum absolute atomic E-state index is 0.00249. The second-order valence-corrected chi connectivity index (χ2v) is 7.40. The van der Waals surface area contributed by atoms with Crippen LogP contribution in [0.5, 0.6) is 0 Å². The standard InChI is InChI=1S/C16H29NO3/c1-11(9-10-16(2,3)4)17-14(18)12-5-7-13(8-6-12)15(19)20/h11-13H,5-10H2,1-4H3,(H,17,18)(H,19,20). The van der Waals surface area contributed by atoms with Gasteiger partial charge in [0.2, 0.25) is 5.91 Å². The summed E-state index contributed by atoms with van der Waals surface area (Å²) in [7, 11) is 0. The van der Waals surface area contributed by atoms with Crippen LogP contribution >= 0.6 is 0 Å². The molecule has 1 aliphatic rings. The maximum atomic E-state index is 12.2. The normalized spacial score (nSPS) is 25.0. The highest BCUT2D eigenvalue weighted by atomic mass is 16.4. The first-order valence-electron chi connectivity index (χ1n) is 7.72. The molecule has 1 aliphatic carbocycles. The number of carbonyl (C=O) groups is 2. The third-order valence-corrected chi connectivity index (χ3v) is 4.16. The molecule has 1 rings (SSSR count). The number of carboxylic acids is 1. The zero-order chi connectivity index (χ0) is 15.3. The van der Waals surface area contributed by atoms with Crippen LogP contribution in [0.25, 0.3) is 0 Å². The Bertz CT molecular complexity index is 338. The molecule has 0 aromatic rings. The lowest BCUT2D eigenvalue weighted by Gasteiger charge is -2.27. The van der Waals surface area contributed by atoms with E-state index in [1.165, 1.54) is 0 Å². The van der Waals surface area contributed by atoms with Crippen molar-refractivity contribution < 1.29 is 14.7 Å². The number of carbonyl (C=O) groups excluding carboxylic acids is 1. The van der Waals surface area contributed by atoms with Crippen LogP contribution in [0.2, 0.25) is 0 Å². The summed E-state index contributed by atoms with van der Waals surface area (Å²) in [6.45, 7) is 8.66. The topological polar surface area (TPSA) is 66.4 Å². The zero-order valence-corrected chi connectivity index (χ0v) is 13.2. The highest BCUT2D eigenvalue weighted by Gasteiger charge is 2.30. The molecule has 20 heavy (non-hydrogen) atoms. The summed E-state index contributed by atoms with van der Waals surface area (Å²) in [5.41, 5.74) is 0.290. The van der Waals surface area contributed by atoms with Crippen LogP contribution in [0.15, 0.2) is 0 Å². The summed E-state index contributed by atoms with van der Waals surface area (Å²) in [6.07, 6.45) is 4.73. The van der Waals surface area contributed by atoms with Gasteiger partial charge in [0.15, 0.2) is 0 Å². The molecule has 1 amide bonds. The summed E-state index contributed by atoms with van der Waals surface area (Å²) in [6, 6.07) is 0.193. The van der Waals surface area contributed by atoms with Crippen LogP contribution in [0, 0.1) is 17.3 Å². The zero-order valence-electron chi connectivity index (χ0n) is 13.2. The first-order valence-corrected chi connectivity index (χ1v) is 7.72. The molecule has 1 atom stereocenters. The van der Waals surface area contributed by atoms with Gasteiger partial charge in [-0.25, -0.2) is 0 Å². The van der Waals surface area contributed by atoms with Crippen molar-refractivity contribution in [1.82, 2.24) is 5.32 Å². The molecular formula is C16H29NO3. The van der Waals surface area contributed by atoms with Gasteiger partial charge in [0.25, 0.3) is 0 Å². The Balaban J connectivity index is 2.31. The van der Waals surface area contributed by atoms with E-state index in [1.54, 1.807) is 0 Å². The second kappa shape index (κ2) is 7.09. The van der Waals surface area contributed by atoms with E-state index in [2.05, 4.69) is 26.1 Å². The highest BCUT2D eigenvalue weighted by molar-refractivity contribution is 5.79. The summed E-state index contributed by atoms with van der Waals surface area (Å²) < 4.78 is 0. The van der Waals surface area contributed by atoms with Crippen molar-refractivity contribution in [2.45, 2.75) is 72.3 Å². The number of aliphatic carboxylic acids is 1. The van der Waals surface area contributed by atoms with Crippen molar-refractivity contribution >= 4 is 11.9 Å². The van der Waals surface area contributed by atoms with Gasteiger partial charge in [-0.2, -0.15) is 0 Å². The molecule has 0 bridgehead atoms. The minimum Gasteiger partial charge on any atom is -0.481 e. The summed E-state index contributed by atoms with van der Waals surface area (Å²) in [5, 5.41) is 12.0. The van der Waals surface area contributed by atoms with Gasteiger partial charge >= 0.3 is 5.97 Å². The molecule has 4 nitrogen and oxygen atoms in total. The molecule has 0 aromatic heterocycles. The molecule has 0 spiro atoms. The Hall–Kier alpha value is -1.06. The van der Waals surface area contributed by atoms with Crippen molar-refractivity contribution in [1.29, 1.82) is 0 Å². The smallest absolute Gasteiger partial charge is 0.306 e. The van der Waals surface area contributed by atoms with Crippen molar-refractivity contribution in [2.24, 2.45) is 17.3 Å². The summed E-state index contributed by atoms with van der Waals surface area (Å²) in [5.74, 6) is -0.863. The van der Waals surface area contributed by atoms with E-state index in [1.807, 2.05) is 6.92 Å². The average Bonchev–Trinajstić information content (AvgIpc) is 2.35. The van der Waals surface area contributed by atoms with Crippen LogP contribution in [-0.2, 0) is 9.59 Å². The van der Waals surface area contributed by atoms with Crippen LogP contribution in [-0.4, -0.2) is 23.0 Å². The first kappa shape index (κ1) is 17.0. The Morgan fingerprint density at radius 1 is 1.15 bits per heavy atom. The lowest BCUT2D eigenvalue weighted by molar-refractivity contribution is -0.144. The Morgan fingerprint density at radius 3 is 2.10 bits per heavy atom. The van der Waals surface area contributed by atoms with Crippen LogP contribution in [0.3, 0.4) is 0 Å². The maximum absolute atomic E-state index is 12.2. The molecule has 4 heteroatoms. The SMILES string of the molecule is CC(CCC(C)(C)C)NC(=O)C1CCC(C(=O)O)CC1. The molecule has 1 saturated carbocycles. The molecule has 0 aromatic carbocycles. The van der Waals surface area contributed by atoms with E-state index < -0.39 is 5.97 Å². The third kappa shape index (κ3) is 5.93. The van der Waals surface area contributed by atoms with Crippen molar-refractivity contribution in [3.8, 4) is 0 Å². The average molecular weight is 283 g/mol. The van der Waals surface area contributed by atoms with Crippen LogP contribution in [0.4, 0.5) is 0 Å². The molecule has 0 saturated heterocycles. The van der Waals surface area contributed by atoms with Gasteiger partial charge in [0.1, 0.15) is 0 Å². The van der Waals surface area contributed by atoms with Gasteiger partial charge in [-0.15, -0.1) is 0 Å². The Kier molecular flexibility index (Phi) is 6.03. The monoisotopic (exact) mass is 283 g/mol. The van der Waals surface area contributed by atoms with Gasteiger partial charge < -0.3 is 10.4 Å². The van der Waals surface area contributed by atoms with Gasteiger partial charge in [-0.3, -0.25) is 9.59 Å². The fourth-order valence-electron chi connectivity index (χ4n) is 2.68. The molecular weight excluding hydrogens is 254 g/mol. The van der Waals surface area contributed by atoms with Crippen molar-refractivity contribution in [2.75, 3.05) is 0 Å². The van der Waals surface area contributed by atoms with Crippen molar-refractivity contribution in [3.05, 3.63) is 0 Å². The number of rotatable bonds is 5. The van der Waals surface area contributed by atoms with Gasteiger partial charge in [0.05, 0.1) is 5.92 Å². The van der Waals surface area contributed by atoms with Gasteiger partial charge in [-0.1, -0.05) is 20.8 Å². The molecule has 0 aliphatic heterocycles. The number of hydrogen-bond acceptors (Lipinski definition) is 2. The first-order chi connectivity index (χ1) is 9.19. The summed E-state index contributed by atoms with van der Waals surface area (Å²) in [4.78, 5) is 23.0. The van der Waals surface area contributed by atoms with Gasteiger partial charge in [-0.05, 0) is 50.9 Å². The fraction of sp³-hybridized carbons (Fsp3) is 0.875. The minimum atomic E-state index is -0.720. The van der Waals surface area contributed by atoms with Crippen molar-refractivity contribution in [3.63, 3.8) is 0 Å². The number of hydrogen-bond donors (Lipinski definition) is 2. The van der Waals surface area contributed by atoms with Crippen LogP contribution in [0.1, 0.15) is 66.2 Å². The fourth-order valence-corrected chi connectivity index (χ4v) is 2.68. The maximum Gasteiger partial charge on any atom is 0.306 e. The molecule has 0 radical (unpaired) electrons. The van der Waals surface area contributed by atoms with Crippen LogP contribution < -0.4 is 5.32 Å². The molecule has 1 fully saturated rings. The number of nitrogens with one attached hydrogen (secondary N) is 1. The third-order valence-electron chi connectivity index (χ3n) is 4.16. The molecule has 1 unspecified atom stereocenters. The largest absolute Gasteiger partial charge is 0.481 e. The molecule has 116 valence electrons. The lowest BCUT2D eigenvalue weighted by atomic mass is 9.81. The van der Waals surface area contributed by atoms with E-state index in [0.717, 1.165) is 12.8 Å². The summed E-state index contributed by atoms with van der Waals surface area (Å²) >= 11 is 0. The predicted molar refractivity (Wildman–Crippen MR) is 79.4 cm³/mol. The van der Waals surface area contributed by atoms with E-state index in [0.29, 0.717) is 31.1 Å². The quantitative estimate of drug-likeness (QED) is 0.814. The predicted octanol–water partition coefficient (Wildman–Crippen LogP) is 3.21.